The predicted molar refractivity (Wildman–Crippen MR) is 114 cm³/mol. The lowest BCUT2D eigenvalue weighted by Crippen LogP contribution is -2.46. The van der Waals surface area contributed by atoms with Crippen LogP contribution in [-0.4, -0.2) is 52.8 Å². The summed E-state index contributed by atoms with van der Waals surface area (Å²) in [6, 6.07) is 4.97. The van der Waals surface area contributed by atoms with Crippen LogP contribution in [0.2, 0.25) is 0 Å². The third-order valence-electron chi connectivity index (χ3n) is 5.97. The number of hydrogen-bond acceptors (Lipinski definition) is 5. The Kier molecular flexibility index (Phi) is 5.43. The molecule has 2 N–H and O–H groups in total. The van der Waals surface area contributed by atoms with Crippen LogP contribution in [0.4, 0.5) is 5.69 Å². The topological polar surface area (TPSA) is 60.1 Å². The summed E-state index contributed by atoms with van der Waals surface area (Å²) in [6.45, 7) is 15.2. The van der Waals surface area contributed by atoms with Crippen molar-refractivity contribution in [1.29, 1.82) is 0 Å². The summed E-state index contributed by atoms with van der Waals surface area (Å²) in [4.78, 5) is 9.86. The summed E-state index contributed by atoms with van der Waals surface area (Å²) in [7, 11) is 0. The molecule has 2 aromatic rings. The minimum Gasteiger partial charge on any atom is -0.369 e. The van der Waals surface area contributed by atoms with Crippen molar-refractivity contribution in [2.75, 3.05) is 37.6 Å². The Morgan fingerprint density at radius 3 is 2.61 bits per heavy atom. The van der Waals surface area contributed by atoms with E-state index in [4.69, 9.17) is 4.98 Å². The zero-order chi connectivity index (χ0) is 19.7. The van der Waals surface area contributed by atoms with Crippen LogP contribution in [-0.2, 0) is 12.0 Å². The normalized spacial score (nSPS) is 21.4. The van der Waals surface area contributed by atoms with Gasteiger partial charge in [-0.2, -0.15) is 5.10 Å². The molecule has 6 heteroatoms. The second-order valence-corrected chi connectivity index (χ2v) is 9.32. The van der Waals surface area contributed by atoms with Gasteiger partial charge in [0, 0.05) is 66.8 Å². The maximum Gasteiger partial charge on any atom is 0.0596 e. The van der Waals surface area contributed by atoms with E-state index in [9.17, 15) is 0 Å². The molecule has 2 fully saturated rings. The standard InChI is InChI=1S/C22H34N6/c1-16-12-18(13-20(25-16)19-6-5-7-23-19)28-10-8-27(9-11-28)15-17-14-24-26-21(17)22(2,3)4/h12-14,19,23H,5-11,15H2,1-4H3,(H,24,26)/t19-/m0/s1. The summed E-state index contributed by atoms with van der Waals surface area (Å²) in [5.41, 5.74) is 6.35. The molecule has 2 aliphatic heterocycles. The molecule has 0 aromatic carbocycles. The molecule has 4 rings (SSSR count). The molecule has 152 valence electrons. The van der Waals surface area contributed by atoms with Crippen LogP contribution in [0.25, 0.3) is 0 Å². The van der Waals surface area contributed by atoms with Gasteiger partial charge in [0.15, 0.2) is 0 Å². The number of rotatable bonds is 4. The Balaban J connectivity index is 1.40. The lowest BCUT2D eigenvalue weighted by atomic mass is 9.89. The predicted octanol–water partition coefficient (Wildman–Crippen LogP) is 3.16. The highest BCUT2D eigenvalue weighted by molar-refractivity contribution is 5.49. The van der Waals surface area contributed by atoms with Crippen LogP contribution < -0.4 is 10.2 Å². The average Bonchev–Trinajstić information content (AvgIpc) is 3.33. The number of aryl methyl sites for hydroxylation is 1. The molecule has 6 nitrogen and oxygen atoms in total. The molecule has 2 aliphatic rings. The molecule has 4 heterocycles. The van der Waals surface area contributed by atoms with Gasteiger partial charge in [-0.25, -0.2) is 0 Å². The van der Waals surface area contributed by atoms with Gasteiger partial charge >= 0.3 is 0 Å². The van der Waals surface area contributed by atoms with Crippen LogP contribution >= 0.6 is 0 Å². The number of anilines is 1. The zero-order valence-electron chi connectivity index (χ0n) is 17.8. The molecule has 2 aromatic heterocycles. The van der Waals surface area contributed by atoms with Crippen molar-refractivity contribution in [2.45, 2.75) is 58.5 Å². The molecule has 0 spiro atoms. The fourth-order valence-electron chi connectivity index (χ4n) is 4.46. The maximum atomic E-state index is 4.80. The van der Waals surface area contributed by atoms with Gasteiger partial charge in [0.2, 0.25) is 0 Å². The van der Waals surface area contributed by atoms with Gasteiger partial charge in [-0.3, -0.25) is 15.0 Å². The van der Waals surface area contributed by atoms with Crippen LogP contribution in [0.1, 0.15) is 62.3 Å². The first-order valence-corrected chi connectivity index (χ1v) is 10.6. The molecule has 2 saturated heterocycles. The molecule has 0 saturated carbocycles. The van der Waals surface area contributed by atoms with Crippen LogP contribution in [0.3, 0.4) is 0 Å². The second-order valence-electron chi connectivity index (χ2n) is 9.32. The number of piperazine rings is 1. The van der Waals surface area contributed by atoms with E-state index < -0.39 is 0 Å². The van der Waals surface area contributed by atoms with E-state index in [1.165, 1.54) is 35.5 Å². The first-order chi connectivity index (χ1) is 13.4. The van der Waals surface area contributed by atoms with E-state index in [0.717, 1.165) is 45.0 Å². The van der Waals surface area contributed by atoms with Crippen molar-refractivity contribution >= 4 is 5.69 Å². The maximum absolute atomic E-state index is 4.80. The van der Waals surface area contributed by atoms with Gasteiger partial charge in [-0.15, -0.1) is 0 Å². The number of nitrogens with zero attached hydrogens (tertiary/aromatic N) is 4. The SMILES string of the molecule is Cc1cc(N2CCN(Cc3cn[nH]c3C(C)(C)C)CC2)cc([C@@H]2CCCN2)n1. The van der Waals surface area contributed by atoms with E-state index >= 15 is 0 Å². The Labute approximate surface area is 168 Å². The minimum absolute atomic E-state index is 0.104. The molecular formula is C22H34N6. The fourth-order valence-corrected chi connectivity index (χ4v) is 4.46. The Hall–Kier alpha value is -1.92. The van der Waals surface area contributed by atoms with E-state index in [2.05, 4.69) is 65.1 Å². The highest BCUT2D eigenvalue weighted by atomic mass is 15.3. The number of hydrogen-bond donors (Lipinski definition) is 2. The first-order valence-electron chi connectivity index (χ1n) is 10.6. The average molecular weight is 383 g/mol. The Bertz CT molecular complexity index is 792. The van der Waals surface area contributed by atoms with Crippen molar-refractivity contribution in [3.8, 4) is 0 Å². The van der Waals surface area contributed by atoms with Gasteiger partial charge in [0.1, 0.15) is 0 Å². The number of nitrogens with one attached hydrogen (secondary N) is 2. The summed E-state index contributed by atoms with van der Waals surface area (Å²) in [5.74, 6) is 0. The molecule has 28 heavy (non-hydrogen) atoms. The van der Waals surface area contributed by atoms with Crippen molar-refractivity contribution in [3.05, 3.63) is 41.0 Å². The van der Waals surface area contributed by atoms with Crippen molar-refractivity contribution in [2.24, 2.45) is 0 Å². The largest absolute Gasteiger partial charge is 0.369 e. The highest BCUT2D eigenvalue weighted by Gasteiger charge is 2.24. The third-order valence-corrected chi connectivity index (χ3v) is 5.97. The molecule has 1 atom stereocenters. The summed E-state index contributed by atoms with van der Waals surface area (Å²) >= 11 is 0. The Morgan fingerprint density at radius 1 is 1.14 bits per heavy atom. The molecule has 0 amide bonds. The minimum atomic E-state index is 0.104. The highest BCUT2D eigenvalue weighted by Crippen LogP contribution is 2.28. The number of pyridine rings is 1. The monoisotopic (exact) mass is 382 g/mol. The summed E-state index contributed by atoms with van der Waals surface area (Å²) in [5, 5.41) is 11.1. The smallest absolute Gasteiger partial charge is 0.0596 e. The fraction of sp³-hybridized carbons (Fsp3) is 0.636. The van der Waals surface area contributed by atoms with Crippen LogP contribution in [0.15, 0.2) is 18.3 Å². The van der Waals surface area contributed by atoms with Crippen molar-refractivity contribution in [3.63, 3.8) is 0 Å². The van der Waals surface area contributed by atoms with E-state index in [0.29, 0.717) is 6.04 Å². The van der Waals surface area contributed by atoms with Crippen LogP contribution in [0.5, 0.6) is 0 Å². The van der Waals surface area contributed by atoms with Gasteiger partial charge in [0.25, 0.3) is 0 Å². The quantitative estimate of drug-likeness (QED) is 0.851. The van der Waals surface area contributed by atoms with Crippen molar-refractivity contribution in [1.82, 2.24) is 25.4 Å². The van der Waals surface area contributed by atoms with E-state index in [-0.39, 0.29) is 5.41 Å². The second kappa shape index (κ2) is 7.84. The molecule has 0 aliphatic carbocycles. The first kappa shape index (κ1) is 19.4. The number of H-pyrrole nitrogens is 1. The number of aromatic amines is 1. The summed E-state index contributed by atoms with van der Waals surface area (Å²) in [6.07, 6.45) is 4.45. The van der Waals surface area contributed by atoms with Gasteiger partial charge in [-0.1, -0.05) is 20.8 Å². The lowest BCUT2D eigenvalue weighted by molar-refractivity contribution is 0.248. The van der Waals surface area contributed by atoms with Gasteiger partial charge in [-0.05, 0) is 38.4 Å². The lowest BCUT2D eigenvalue weighted by Gasteiger charge is -2.36. The molecule has 0 bridgehead atoms. The van der Waals surface area contributed by atoms with Gasteiger partial charge < -0.3 is 10.2 Å². The molecular weight excluding hydrogens is 348 g/mol. The Morgan fingerprint density at radius 2 is 1.93 bits per heavy atom. The summed E-state index contributed by atoms with van der Waals surface area (Å²) < 4.78 is 0. The van der Waals surface area contributed by atoms with E-state index in [1.54, 1.807) is 0 Å². The molecule has 0 unspecified atom stereocenters. The van der Waals surface area contributed by atoms with Gasteiger partial charge in [0.05, 0.1) is 11.9 Å². The third kappa shape index (κ3) is 4.23. The zero-order valence-corrected chi connectivity index (χ0v) is 17.8. The molecule has 0 radical (unpaired) electrons. The van der Waals surface area contributed by atoms with Crippen LogP contribution in [0, 0.1) is 6.92 Å². The van der Waals surface area contributed by atoms with E-state index in [1.807, 2.05) is 6.20 Å². The number of aromatic nitrogens is 3. The van der Waals surface area contributed by atoms with Crippen molar-refractivity contribution < 1.29 is 0 Å².